The quantitative estimate of drug-likeness (QED) is 0.664. The van der Waals surface area contributed by atoms with Crippen LogP contribution in [0.2, 0.25) is 0 Å². The van der Waals surface area contributed by atoms with Gasteiger partial charge in [-0.05, 0) is 48.9 Å². The van der Waals surface area contributed by atoms with Gasteiger partial charge in [-0.2, -0.15) is 0 Å². The standard InChI is InChI=1S/C18H20N2O4/c1-2-3-11-24-16-6-4-5-13(12-16)17(21)19-14-7-9-15(10-8-14)20-18(22)23/h4-10,12,20H,2-3,11H2,1H3,(H,19,21)(H,22,23). The van der Waals surface area contributed by atoms with Crippen LogP contribution in [0.3, 0.4) is 0 Å². The molecule has 0 atom stereocenters. The minimum Gasteiger partial charge on any atom is -0.494 e. The molecule has 0 heterocycles. The van der Waals surface area contributed by atoms with E-state index in [1.54, 1.807) is 42.5 Å². The van der Waals surface area contributed by atoms with E-state index < -0.39 is 6.09 Å². The van der Waals surface area contributed by atoms with Gasteiger partial charge >= 0.3 is 6.09 Å². The van der Waals surface area contributed by atoms with Gasteiger partial charge in [0.1, 0.15) is 5.75 Å². The number of hydrogen-bond acceptors (Lipinski definition) is 3. The summed E-state index contributed by atoms with van der Waals surface area (Å²) in [6.07, 6.45) is 0.881. The van der Waals surface area contributed by atoms with Crippen molar-refractivity contribution in [3.8, 4) is 5.75 Å². The third-order valence-corrected chi connectivity index (χ3v) is 3.26. The maximum atomic E-state index is 12.3. The van der Waals surface area contributed by atoms with Crippen molar-refractivity contribution in [3.63, 3.8) is 0 Å². The lowest BCUT2D eigenvalue weighted by Crippen LogP contribution is -2.12. The Morgan fingerprint density at radius 2 is 1.71 bits per heavy atom. The topological polar surface area (TPSA) is 87.7 Å². The number of hydrogen-bond donors (Lipinski definition) is 3. The number of nitrogens with one attached hydrogen (secondary N) is 2. The van der Waals surface area contributed by atoms with Gasteiger partial charge in [-0.15, -0.1) is 0 Å². The minimum atomic E-state index is -1.13. The molecular weight excluding hydrogens is 308 g/mol. The van der Waals surface area contributed by atoms with Gasteiger partial charge in [0.2, 0.25) is 0 Å². The highest BCUT2D eigenvalue weighted by Gasteiger charge is 2.08. The Morgan fingerprint density at radius 3 is 2.33 bits per heavy atom. The molecule has 0 saturated heterocycles. The van der Waals surface area contributed by atoms with Crippen LogP contribution >= 0.6 is 0 Å². The zero-order valence-corrected chi connectivity index (χ0v) is 13.4. The van der Waals surface area contributed by atoms with Crippen molar-refractivity contribution < 1.29 is 19.4 Å². The van der Waals surface area contributed by atoms with E-state index in [-0.39, 0.29) is 5.91 Å². The number of amides is 2. The molecule has 0 spiro atoms. The van der Waals surface area contributed by atoms with E-state index in [1.165, 1.54) is 0 Å². The van der Waals surface area contributed by atoms with Gasteiger partial charge in [0.25, 0.3) is 5.91 Å². The second-order valence-corrected chi connectivity index (χ2v) is 5.19. The lowest BCUT2D eigenvalue weighted by atomic mass is 10.2. The summed E-state index contributed by atoms with van der Waals surface area (Å²) in [7, 11) is 0. The van der Waals surface area contributed by atoms with Crippen molar-refractivity contribution in [2.24, 2.45) is 0 Å². The summed E-state index contributed by atoms with van der Waals surface area (Å²) in [4.78, 5) is 22.8. The molecule has 0 aromatic heterocycles. The highest BCUT2D eigenvalue weighted by Crippen LogP contribution is 2.17. The second kappa shape index (κ2) is 8.57. The average molecular weight is 328 g/mol. The van der Waals surface area contributed by atoms with Crippen LogP contribution in [0, 0.1) is 0 Å². The first-order valence-electron chi connectivity index (χ1n) is 7.72. The van der Waals surface area contributed by atoms with Gasteiger partial charge in [0.05, 0.1) is 6.61 Å². The third-order valence-electron chi connectivity index (χ3n) is 3.26. The molecule has 2 amide bonds. The zero-order chi connectivity index (χ0) is 17.4. The van der Waals surface area contributed by atoms with Crippen LogP contribution in [-0.4, -0.2) is 23.7 Å². The van der Waals surface area contributed by atoms with E-state index in [4.69, 9.17) is 9.84 Å². The predicted octanol–water partition coefficient (Wildman–Crippen LogP) is 4.21. The van der Waals surface area contributed by atoms with Crippen LogP contribution in [-0.2, 0) is 0 Å². The predicted molar refractivity (Wildman–Crippen MR) is 92.9 cm³/mol. The molecule has 0 aliphatic heterocycles. The number of benzene rings is 2. The molecular formula is C18H20N2O4. The fraction of sp³-hybridized carbons (Fsp3) is 0.222. The van der Waals surface area contributed by atoms with E-state index in [0.717, 1.165) is 12.8 Å². The molecule has 2 aromatic carbocycles. The summed E-state index contributed by atoms with van der Waals surface area (Å²) in [5.74, 6) is 0.409. The normalized spacial score (nSPS) is 10.0. The Morgan fingerprint density at radius 1 is 1.04 bits per heavy atom. The summed E-state index contributed by atoms with van der Waals surface area (Å²) in [5, 5.41) is 13.6. The summed E-state index contributed by atoms with van der Waals surface area (Å²) in [6, 6.07) is 13.4. The summed E-state index contributed by atoms with van der Waals surface area (Å²) < 4.78 is 5.60. The molecule has 6 nitrogen and oxygen atoms in total. The Labute approximate surface area is 140 Å². The lowest BCUT2D eigenvalue weighted by molar-refractivity contribution is 0.102. The van der Waals surface area contributed by atoms with E-state index >= 15 is 0 Å². The Kier molecular flexibility index (Phi) is 6.19. The average Bonchev–Trinajstić information content (AvgIpc) is 2.57. The highest BCUT2D eigenvalue weighted by atomic mass is 16.5. The smallest absolute Gasteiger partial charge is 0.409 e. The first-order chi connectivity index (χ1) is 11.6. The number of anilines is 2. The van der Waals surface area contributed by atoms with Crippen molar-refractivity contribution >= 4 is 23.4 Å². The van der Waals surface area contributed by atoms with Crippen molar-refractivity contribution in [3.05, 3.63) is 54.1 Å². The van der Waals surface area contributed by atoms with Gasteiger partial charge in [0, 0.05) is 16.9 Å². The van der Waals surface area contributed by atoms with E-state index in [1.807, 2.05) is 6.07 Å². The second-order valence-electron chi connectivity index (χ2n) is 5.19. The van der Waals surface area contributed by atoms with Crippen LogP contribution < -0.4 is 15.4 Å². The zero-order valence-electron chi connectivity index (χ0n) is 13.4. The monoisotopic (exact) mass is 328 g/mol. The highest BCUT2D eigenvalue weighted by molar-refractivity contribution is 6.04. The molecule has 6 heteroatoms. The molecule has 0 aliphatic carbocycles. The van der Waals surface area contributed by atoms with Crippen molar-refractivity contribution in [1.29, 1.82) is 0 Å². The molecule has 3 N–H and O–H groups in total. The number of carboxylic acid groups (broad SMARTS) is 1. The summed E-state index contributed by atoms with van der Waals surface area (Å²) in [5.41, 5.74) is 1.51. The molecule has 2 aromatic rings. The molecule has 0 aliphatic rings. The number of carbonyl (C=O) groups excluding carboxylic acids is 1. The molecule has 0 unspecified atom stereocenters. The Bertz CT molecular complexity index is 698. The van der Waals surface area contributed by atoms with Crippen LogP contribution in [0.1, 0.15) is 30.1 Å². The van der Waals surface area contributed by atoms with Crippen molar-refractivity contribution in [1.82, 2.24) is 0 Å². The maximum absolute atomic E-state index is 12.3. The Hall–Kier alpha value is -3.02. The van der Waals surface area contributed by atoms with Crippen LogP contribution in [0.15, 0.2) is 48.5 Å². The lowest BCUT2D eigenvalue weighted by Gasteiger charge is -2.09. The van der Waals surface area contributed by atoms with Crippen molar-refractivity contribution in [2.45, 2.75) is 19.8 Å². The fourth-order valence-electron chi connectivity index (χ4n) is 2.03. The van der Waals surface area contributed by atoms with Gasteiger partial charge in [0.15, 0.2) is 0 Å². The fourth-order valence-corrected chi connectivity index (χ4v) is 2.03. The Balaban J connectivity index is 1.98. The van der Waals surface area contributed by atoms with E-state index in [0.29, 0.717) is 29.3 Å². The molecule has 2 rings (SSSR count). The first kappa shape index (κ1) is 17.3. The number of carbonyl (C=O) groups is 2. The SMILES string of the molecule is CCCCOc1cccc(C(=O)Nc2ccc(NC(=O)O)cc2)c1. The molecule has 0 bridgehead atoms. The number of ether oxygens (including phenoxy) is 1. The molecule has 126 valence electrons. The van der Waals surface area contributed by atoms with Gasteiger partial charge in [-0.25, -0.2) is 4.79 Å². The van der Waals surface area contributed by atoms with Gasteiger partial charge < -0.3 is 15.2 Å². The minimum absolute atomic E-state index is 0.255. The van der Waals surface area contributed by atoms with Gasteiger partial charge in [-0.3, -0.25) is 10.1 Å². The number of unbranched alkanes of at least 4 members (excludes halogenated alkanes) is 1. The van der Waals surface area contributed by atoms with E-state index in [9.17, 15) is 9.59 Å². The maximum Gasteiger partial charge on any atom is 0.409 e. The van der Waals surface area contributed by atoms with E-state index in [2.05, 4.69) is 17.6 Å². The summed E-state index contributed by atoms with van der Waals surface area (Å²) in [6.45, 7) is 2.71. The van der Waals surface area contributed by atoms with Crippen LogP contribution in [0.5, 0.6) is 5.75 Å². The molecule has 0 radical (unpaired) electrons. The molecule has 0 fully saturated rings. The van der Waals surface area contributed by atoms with Crippen LogP contribution in [0.4, 0.5) is 16.2 Å². The first-order valence-corrected chi connectivity index (χ1v) is 7.72. The largest absolute Gasteiger partial charge is 0.494 e. The number of rotatable bonds is 7. The molecule has 24 heavy (non-hydrogen) atoms. The van der Waals surface area contributed by atoms with Crippen LogP contribution in [0.25, 0.3) is 0 Å². The van der Waals surface area contributed by atoms with Gasteiger partial charge in [-0.1, -0.05) is 19.4 Å². The van der Waals surface area contributed by atoms with Crippen molar-refractivity contribution in [2.75, 3.05) is 17.2 Å². The summed E-state index contributed by atoms with van der Waals surface area (Å²) >= 11 is 0. The third kappa shape index (κ3) is 5.31. The molecule has 0 saturated carbocycles.